The lowest BCUT2D eigenvalue weighted by Gasteiger charge is -2.12. The van der Waals surface area contributed by atoms with Crippen LogP contribution in [0.4, 0.5) is 11.6 Å². The summed E-state index contributed by atoms with van der Waals surface area (Å²) < 4.78 is 10.5. The van der Waals surface area contributed by atoms with E-state index < -0.39 is 0 Å². The van der Waals surface area contributed by atoms with Gasteiger partial charge in [-0.1, -0.05) is 19.9 Å². The fraction of sp³-hybridized carbons (Fsp3) is 0.389. The van der Waals surface area contributed by atoms with Crippen molar-refractivity contribution in [1.29, 1.82) is 0 Å². The van der Waals surface area contributed by atoms with Crippen molar-refractivity contribution in [3.8, 4) is 11.5 Å². The number of rotatable bonds is 8. The number of amides is 1. The Kier molecular flexibility index (Phi) is 6.56. The summed E-state index contributed by atoms with van der Waals surface area (Å²) >= 11 is 0. The number of methoxy groups -OCH3 is 2. The van der Waals surface area contributed by atoms with E-state index in [-0.39, 0.29) is 5.91 Å². The summed E-state index contributed by atoms with van der Waals surface area (Å²) in [4.78, 5) is 12.6. The molecule has 134 valence electrons. The summed E-state index contributed by atoms with van der Waals surface area (Å²) in [6, 6.07) is 8.63. The molecule has 1 aromatic heterocycles. The average Bonchev–Trinajstić information content (AvgIpc) is 2.62. The predicted octanol–water partition coefficient (Wildman–Crippen LogP) is 3.20. The second-order valence-electron chi connectivity index (χ2n) is 5.90. The molecule has 7 heteroatoms. The maximum atomic E-state index is 12.6. The van der Waals surface area contributed by atoms with E-state index >= 15 is 0 Å². The van der Waals surface area contributed by atoms with Crippen molar-refractivity contribution in [3.05, 3.63) is 35.9 Å². The maximum absolute atomic E-state index is 12.6. The molecule has 1 amide bonds. The summed E-state index contributed by atoms with van der Waals surface area (Å²) in [5.41, 5.74) is 0.313. The molecule has 0 spiro atoms. The summed E-state index contributed by atoms with van der Waals surface area (Å²) in [6.45, 7) is 5.16. The van der Waals surface area contributed by atoms with Crippen molar-refractivity contribution in [2.75, 3.05) is 31.4 Å². The number of hydrogen-bond acceptors (Lipinski definition) is 6. The highest BCUT2D eigenvalue weighted by Crippen LogP contribution is 2.28. The summed E-state index contributed by atoms with van der Waals surface area (Å²) in [5.74, 6) is 2.13. The van der Waals surface area contributed by atoms with E-state index in [1.807, 2.05) is 0 Å². The van der Waals surface area contributed by atoms with Crippen LogP contribution < -0.4 is 20.1 Å². The maximum Gasteiger partial charge on any atom is 0.264 e. The van der Waals surface area contributed by atoms with Gasteiger partial charge in [0.15, 0.2) is 5.82 Å². The zero-order valence-corrected chi connectivity index (χ0v) is 15.0. The topological polar surface area (TPSA) is 85.4 Å². The molecule has 2 rings (SSSR count). The lowest BCUT2D eigenvalue weighted by atomic mass is 10.1. The van der Waals surface area contributed by atoms with E-state index in [0.29, 0.717) is 34.6 Å². The van der Waals surface area contributed by atoms with Crippen LogP contribution >= 0.6 is 0 Å². The number of nitrogens with zero attached hydrogens (tertiary/aromatic N) is 2. The van der Waals surface area contributed by atoms with Crippen LogP contribution in [0.2, 0.25) is 0 Å². The second kappa shape index (κ2) is 8.86. The molecule has 2 aromatic rings. The van der Waals surface area contributed by atoms with Crippen molar-refractivity contribution >= 4 is 17.5 Å². The molecule has 7 nitrogen and oxygen atoms in total. The van der Waals surface area contributed by atoms with E-state index in [1.54, 1.807) is 30.3 Å². The first-order valence-electron chi connectivity index (χ1n) is 8.15. The molecular weight excluding hydrogens is 320 g/mol. The van der Waals surface area contributed by atoms with Gasteiger partial charge in [-0.2, -0.15) is 0 Å². The first-order chi connectivity index (χ1) is 12.0. The number of ether oxygens (including phenoxy) is 2. The van der Waals surface area contributed by atoms with Crippen molar-refractivity contribution in [1.82, 2.24) is 10.2 Å². The van der Waals surface area contributed by atoms with Crippen LogP contribution in [0.25, 0.3) is 0 Å². The van der Waals surface area contributed by atoms with Gasteiger partial charge in [-0.15, -0.1) is 10.2 Å². The fourth-order valence-corrected chi connectivity index (χ4v) is 2.24. The van der Waals surface area contributed by atoms with Gasteiger partial charge >= 0.3 is 0 Å². The Morgan fingerprint density at radius 2 is 1.64 bits per heavy atom. The Balaban J connectivity index is 2.06. The van der Waals surface area contributed by atoms with Gasteiger partial charge in [0.1, 0.15) is 22.9 Å². The highest BCUT2D eigenvalue weighted by molar-refractivity contribution is 6.07. The molecule has 0 saturated heterocycles. The largest absolute Gasteiger partial charge is 0.496 e. The molecule has 0 aliphatic carbocycles. The van der Waals surface area contributed by atoms with Crippen molar-refractivity contribution < 1.29 is 14.3 Å². The van der Waals surface area contributed by atoms with Gasteiger partial charge in [-0.25, -0.2) is 0 Å². The smallest absolute Gasteiger partial charge is 0.264 e. The fourth-order valence-electron chi connectivity index (χ4n) is 2.24. The van der Waals surface area contributed by atoms with Crippen LogP contribution in [-0.2, 0) is 0 Å². The standard InChI is InChI=1S/C18H24N4O3/c1-12(2)10-11-19-15-8-9-16(22-21-15)20-18(23)17-13(24-3)6-5-7-14(17)25-4/h5-9,12H,10-11H2,1-4H3,(H,19,21)(H,20,22,23). The summed E-state index contributed by atoms with van der Waals surface area (Å²) in [6.07, 6.45) is 1.05. The molecule has 0 saturated carbocycles. The molecule has 0 unspecified atom stereocenters. The van der Waals surface area contributed by atoms with E-state index in [9.17, 15) is 4.79 Å². The Labute approximate surface area is 147 Å². The zero-order chi connectivity index (χ0) is 18.2. The van der Waals surface area contributed by atoms with Crippen LogP contribution in [0.15, 0.2) is 30.3 Å². The number of benzene rings is 1. The minimum absolute atomic E-state index is 0.313. The van der Waals surface area contributed by atoms with Gasteiger partial charge in [-0.3, -0.25) is 4.79 Å². The zero-order valence-electron chi connectivity index (χ0n) is 15.0. The van der Waals surface area contributed by atoms with Crippen LogP contribution in [0.5, 0.6) is 11.5 Å². The lowest BCUT2D eigenvalue weighted by molar-refractivity contribution is 0.102. The minimum atomic E-state index is -0.371. The molecule has 0 aliphatic rings. The van der Waals surface area contributed by atoms with Crippen LogP contribution in [-0.4, -0.2) is 36.9 Å². The molecule has 0 radical (unpaired) electrons. The van der Waals surface area contributed by atoms with Crippen molar-refractivity contribution in [2.24, 2.45) is 5.92 Å². The summed E-state index contributed by atoms with van der Waals surface area (Å²) in [5, 5.41) is 14.0. The van der Waals surface area contributed by atoms with E-state index in [4.69, 9.17) is 9.47 Å². The SMILES string of the molecule is COc1cccc(OC)c1C(=O)Nc1ccc(NCCC(C)C)nn1. The molecule has 0 fully saturated rings. The molecule has 2 N–H and O–H groups in total. The highest BCUT2D eigenvalue weighted by atomic mass is 16.5. The van der Waals surface area contributed by atoms with Crippen molar-refractivity contribution in [3.63, 3.8) is 0 Å². The third-order valence-electron chi connectivity index (χ3n) is 3.59. The van der Waals surface area contributed by atoms with E-state index in [0.717, 1.165) is 13.0 Å². The third-order valence-corrected chi connectivity index (χ3v) is 3.59. The first-order valence-corrected chi connectivity index (χ1v) is 8.15. The normalized spacial score (nSPS) is 10.4. The van der Waals surface area contributed by atoms with Crippen LogP contribution in [0, 0.1) is 5.92 Å². The molecule has 0 bridgehead atoms. The monoisotopic (exact) mass is 344 g/mol. The Bertz CT molecular complexity index is 680. The molecular formula is C18H24N4O3. The van der Waals surface area contributed by atoms with Gasteiger partial charge in [0.2, 0.25) is 0 Å². The Morgan fingerprint density at radius 3 is 2.16 bits per heavy atom. The molecule has 1 heterocycles. The second-order valence-corrected chi connectivity index (χ2v) is 5.90. The predicted molar refractivity (Wildman–Crippen MR) is 97.5 cm³/mol. The van der Waals surface area contributed by atoms with Crippen molar-refractivity contribution in [2.45, 2.75) is 20.3 Å². The number of nitrogens with one attached hydrogen (secondary N) is 2. The highest BCUT2D eigenvalue weighted by Gasteiger charge is 2.18. The first kappa shape index (κ1) is 18.5. The van der Waals surface area contributed by atoms with Gasteiger partial charge < -0.3 is 20.1 Å². The number of aromatic nitrogens is 2. The van der Waals surface area contributed by atoms with Gasteiger partial charge in [0.25, 0.3) is 5.91 Å². The van der Waals surface area contributed by atoms with Gasteiger partial charge in [-0.05, 0) is 36.6 Å². The molecule has 25 heavy (non-hydrogen) atoms. The molecule has 0 aliphatic heterocycles. The van der Waals surface area contributed by atoms with E-state index in [1.165, 1.54) is 14.2 Å². The Morgan fingerprint density at radius 1 is 1.04 bits per heavy atom. The van der Waals surface area contributed by atoms with E-state index in [2.05, 4.69) is 34.7 Å². The number of hydrogen-bond donors (Lipinski definition) is 2. The Hall–Kier alpha value is -2.83. The lowest BCUT2D eigenvalue weighted by Crippen LogP contribution is -2.16. The van der Waals surface area contributed by atoms with Crippen LogP contribution in [0.1, 0.15) is 30.6 Å². The quantitative estimate of drug-likeness (QED) is 0.765. The van der Waals surface area contributed by atoms with Gasteiger partial charge in [0, 0.05) is 6.54 Å². The molecule has 1 aromatic carbocycles. The summed E-state index contributed by atoms with van der Waals surface area (Å²) in [7, 11) is 3.01. The van der Waals surface area contributed by atoms with Crippen LogP contribution in [0.3, 0.4) is 0 Å². The average molecular weight is 344 g/mol. The molecule has 0 atom stereocenters. The number of carbonyl (C=O) groups is 1. The van der Waals surface area contributed by atoms with Gasteiger partial charge in [0.05, 0.1) is 14.2 Å². The minimum Gasteiger partial charge on any atom is -0.496 e. The third kappa shape index (κ3) is 5.07. The number of anilines is 2. The number of carbonyl (C=O) groups excluding carboxylic acids is 1.